The molecule has 1 amide bonds. The van der Waals surface area contributed by atoms with Gasteiger partial charge in [0.25, 0.3) is 5.91 Å². The van der Waals surface area contributed by atoms with Gasteiger partial charge in [0.15, 0.2) is 0 Å². The minimum absolute atomic E-state index is 0.220. The van der Waals surface area contributed by atoms with Gasteiger partial charge in [-0.2, -0.15) is 0 Å². The number of hydrogen-bond donors (Lipinski definition) is 0. The number of esters is 1. The zero-order chi connectivity index (χ0) is 20.7. The number of carbonyl (C=O) groups is 2. The van der Waals surface area contributed by atoms with Crippen LogP contribution in [0, 0.1) is 5.41 Å². The summed E-state index contributed by atoms with van der Waals surface area (Å²) in [6.07, 6.45) is 5.94. The standard InChI is InChI=1S/C23H29NO5/c1-3-27-22(26)23(12-7-11-19-9-5-4-6-10-19)13-8-14-24(17-23)21(25)20-18(2)28-15-16-29-20/h4-7,9-11H,3,8,12-17H2,1-2H3/b11-7+/t23-/m1/s1. The SMILES string of the molecule is CCOC(=O)[C@]1(C/C=C/c2ccccc2)CCCN(C(=O)C2=C(C)OCCO2)C1. The maximum Gasteiger partial charge on any atom is 0.314 e. The second-order valence-electron chi connectivity index (χ2n) is 7.43. The zero-order valence-corrected chi connectivity index (χ0v) is 17.2. The van der Waals surface area contributed by atoms with E-state index in [1.807, 2.05) is 42.5 Å². The Morgan fingerprint density at radius 2 is 1.97 bits per heavy atom. The molecular formula is C23H29NO5. The molecule has 1 aromatic carbocycles. The van der Waals surface area contributed by atoms with Crippen molar-refractivity contribution < 1.29 is 23.8 Å². The van der Waals surface area contributed by atoms with Gasteiger partial charge in [-0.3, -0.25) is 9.59 Å². The van der Waals surface area contributed by atoms with Gasteiger partial charge in [0.05, 0.1) is 12.0 Å². The number of rotatable bonds is 6. The van der Waals surface area contributed by atoms with Gasteiger partial charge in [-0.05, 0) is 38.7 Å². The maximum atomic E-state index is 13.0. The Bertz CT molecular complexity index is 786. The summed E-state index contributed by atoms with van der Waals surface area (Å²) in [6, 6.07) is 9.95. The summed E-state index contributed by atoms with van der Waals surface area (Å²) in [4.78, 5) is 27.6. The van der Waals surface area contributed by atoms with Gasteiger partial charge in [-0.15, -0.1) is 0 Å². The van der Waals surface area contributed by atoms with Crippen LogP contribution in [0.15, 0.2) is 47.9 Å². The summed E-state index contributed by atoms with van der Waals surface area (Å²) in [7, 11) is 0. The van der Waals surface area contributed by atoms with Crippen molar-refractivity contribution in [3.8, 4) is 0 Å². The molecule has 0 N–H and O–H groups in total. The first-order chi connectivity index (χ1) is 14.1. The molecule has 1 fully saturated rings. The molecule has 156 valence electrons. The molecule has 0 aromatic heterocycles. The predicted molar refractivity (Wildman–Crippen MR) is 110 cm³/mol. The number of likely N-dealkylation sites (tertiary alicyclic amines) is 1. The van der Waals surface area contributed by atoms with E-state index < -0.39 is 5.41 Å². The number of carbonyl (C=O) groups excluding carboxylic acids is 2. The average Bonchev–Trinajstić information content (AvgIpc) is 2.75. The summed E-state index contributed by atoms with van der Waals surface area (Å²) >= 11 is 0. The molecule has 0 saturated carbocycles. The van der Waals surface area contributed by atoms with Crippen molar-refractivity contribution in [2.45, 2.75) is 33.1 Å². The molecule has 0 radical (unpaired) electrons. The summed E-state index contributed by atoms with van der Waals surface area (Å²) < 4.78 is 16.4. The Labute approximate surface area is 172 Å². The van der Waals surface area contributed by atoms with Crippen LogP contribution in [0.4, 0.5) is 0 Å². The Balaban J connectivity index is 1.79. The van der Waals surface area contributed by atoms with E-state index in [9.17, 15) is 9.59 Å². The predicted octanol–water partition coefficient (Wildman–Crippen LogP) is 3.54. The number of piperidine rings is 1. The van der Waals surface area contributed by atoms with Gasteiger partial charge >= 0.3 is 5.97 Å². The van der Waals surface area contributed by atoms with Crippen molar-refractivity contribution in [3.05, 3.63) is 53.5 Å². The van der Waals surface area contributed by atoms with Crippen molar-refractivity contribution in [3.63, 3.8) is 0 Å². The fourth-order valence-electron chi connectivity index (χ4n) is 3.85. The van der Waals surface area contributed by atoms with Crippen molar-refractivity contribution >= 4 is 18.0 Å². The molecule has 1 aromatic rings. The molecule has 29 heavy (non-hydrogen) atoms. The monoisotopic (exact) mass is 399 g/mol. The number of nitrogens with zero attached hydrogens (tertiary/aromatic N) is 1. The lowest BCUT2D eigenvalue weighted by atomic mass is 9.76. The van der Waals surface area contributed by atoms with Crippen LogP contribution in [-0.2, 0) is 23.8 Å². The Morgan fingerprint density at radius 3 is 2.69 bits per heavy atom. The van der Waals surface area contributed by atoms with Crippen molar-refractivity contribution in [2.75, 3.05) is 32.9 Å². The number of allylic oxidation sites excluding steroid dienone is 2. The van der Waals surface area contributed by atoms with Crippen LogP contribution in [0.2, 0.25) is 0 Å². The van der Waals surface area contributed by atoms with Crippen molar-refractivity contribution in [1.29, 1.82) is 0 Å². The fourth-order valence-corrected chi connectivity index (χ4v) is 3.85. The summed E-state index contributed by atoms with van der Waals surface area (Å²) in [5.74, 6) is 0.276. The third kappa shape index (κ3) is 5.00. The Hall–Kier alpha value is -2.76. The second-order valence-corrected chi connectivity index (χ2v) is 7.43. The number of hydrogen-bond acceptors (Lipinski definition) is 5. The Morgan fingerprint density at radius 1 is 1.21 bits per heavy atom. The van der Waals surface area contributed by atoms with Crippen LogP contribution in [-0.4, -0.2) is 49.7 Å². The topological polar surface area (TPSA) is 65.1 Å². The first-order valence-corrected chi connectivity index (χ1v) is 10.2. The molecule has 3 rings (SSSR count). The second kappa shape index (κ2) is 9.63. The molecule has 1 atom stereocenters. The van der Waals surface area contributed by atoms with Crippen LogP contribution < -0.4 is 0 Å². The summed E-state index contributed by atoms with van der Waals surface area (Å²) in [5.41, 5.74) is 0.322. The van der Waals surface area contributed by atoms with E-state index in [0.29, 0.717) is 51.5 Å². The van der Waals surface area contributed by atoms with Gasteiger partial charge in [-0.25, -0.2) is 0 Å². The lowest BCUT2D eigenvalue weighted by Crippen LogP contribution is -2.51. The molecule has 0 bridgehead atoms. The summed E-state index contributed by atoms with van der Waals surface area (Å²) in [6.45, 7) is 5.55. The number of amides is 1. The fraction of sp³-hybridized carbons (Fsp3) is 0.478. The smallest absolute Gasteiger partial charge is 0.314 e. The quantitative estimate of drug-likeness (QED) is 0.685. The normalized spacial score (nSPS) is 22.2. The van der Waals surface area contributed by atoms with E-state index in [1.54, 1.807) is 18.7 Å². The van der Waals surface area contributed by atoms with Gasteiger partial charge in [0, 0.05) is 13.1 Å². The molecule has 2 aliphatic heterocycles. The molecule has 2 heterocycles. The molecule has 2 aliphatic rings. The molecule has 0 unspecified atom stereocenters. The zero-order valence-electron chi connectivity index (χ0n) is 17.2. The van der Waals surface area contributed by atoms with E-state index in [-0.39, 0.29) is 17.6 Å². The highest BCUT2D eigenvalue weighted by Crippen LogP contribution is 2.36. The highest BCUT2D eigenvalue weighted by atomic mass is 16.6. The van der Waals surface area contributed by atoms with E-state index in [0.717, 1.165) is 12.0 Å². The minimum atomic E-state index is -0.751. The molecule has 0 spiro atoms. The van der Waals surface area contributed by atoms with Crippen molar-refractivity contribution in [2.24, 2.45) is 5.41 Å². The number of benzene rings is 1. The minimum Gasteiger partial charge on any atom is -0.491 e. The van der Waals surface area contributed by atoms with Gasteiger partial charge in [-0.1, -0.05) is 42.5 Å². The molecule has 1 saturated heterocycles. The van der Waals surface area contributed by atoms with E-state index in [1.165, 1.54) is 0 Å². The summed E-state index contributed by atoms with van der Waals surface area (Å²) in [5, 5.41) is 0. The molecule has 6 heteroatoms. The van der Waals surface area contributed by atoms with E-state index in [2.05, 4.69) is 0 Å². The third-order valence-corrected chi connectivity index (χ3v) is 5.35. The molecule has 0 aliphatic carbocycles. The first-order valence-electron chi connectivity index (χ1n) is 10.2. The van der Waals surface area contributed by atoms with Crippen LogP contribution in [0.25, 0.3) is 6.08 Å². The molecule has 6 nitrogen and oxygen atoms in total. The van der Waals surface area contributed by atoms with E-state index >= 15 is 0 Å². The van der Waals surface area contributed by atoms with Crippen LogP contribution in [0.1, 0.15) is 38.7 Å². The van der Waals surface area contributed by atoms with Crippen molar-refractivity contribution in [1.82, 2.24) is 4.90 Å². The molecular weight excluding hydrogens is 370 g/mol. The lowest BCUT2D eigenvalue weighted by molar-refractivity contribution is -0.160. The lowest BCUT2D eigenvalue weighted by Gasteiger charge is -2.40. The third-order valence-electron chi connectivity index (χ3n) is 5.35. The van der Waals surface area contributed by atoms with Gasteiger partial charge in [0.1, 0.15) is 19.0 Å². The van der Waals surface area contributed by atoms with E-state index in [4.69, 9.17) is 14.2 Å². The van der Waals surface area contributed by atoms with Gasteiger partial charge in [0.2, 0.25) is 5.76 Å². The van der Waals surface area contributed by atoms with Crippen LogP contribution in [0.5, 0.6) is 0 Å². The number of ether oxygens (including phenoxy) is 3. The Kier molecular flexibility index (Phi) is 6.96. The first kappa shape index (κ1) is 21.0. The van der Waals surface area contributed by atoms with Crippen LogP contribution in [0.3, 0.4) is 0 Å². The maximum absolute atomic E-state index is 13.0. The largest absolute Gasteiger partial charge is 0.491 e. The highest BCUT2D eigenvalue weighted by molar-refractivity contribution is 5.92. The van der Waals surface area contributed by atoms with Gasteiger partial charge < -0.3 is 19.1 Å². The average molecular weight is 399 g/mol. The highest BCUT2D eigenvalue weighted by Gasteiger charge is 2.44. The van der Waals surface area contributed by atoms with Crippen LogP contribution >= 0.6 is 0 Å².